The Labute approximate surface area is 137 Å². The van der Waals surface area contributed by atoms with E-state index >= 15 is 0 Å². The van der Waals surface area contributed by atoms with Crippen LogP contribution in [0.5, 0.6) is 5.75 Å². The van der Waals surface area contributed by atoms with Gasteiger partial charge in [-0.1, -0.05) is 40.6 Å². The summed E-state index contributed by atoms with van der Waals surface area (Å²) < 4.78 is 5.36. The predicted octanol–water partition coefficient (Wildman–Crippen LogP) is 4.92. The van der Waals surface area contributed by atoms with Crippen LogP contribution in [-0.4, -0.2) is 17.3 Å². The molecule has 2 aromatic carbocycles. The highest BCUT2D eigenvalue weighted by Crippen LogP contribution is 2.36. The van der Waals surface area contributed by atoms with E-state index in [0.717, 1.165) is 27.1 Å². The topological polar surface area (TPSA) is 47.0 Å². The first kappa shape index (κ1) is 14.8. The van der Waals surface area contributed by atoms with Crippen LogP contribution in [0.3, 0.4) is 0 Å². The van der Waals surface area contributed by atoms with Crippen molar-refractivity contribution in [3.8, 4) is 16.3 Å². The molecule has 1 N–H and O–H groups in total. The fourth-order valence-corrected chi connectivity index (χ4v) is 2.95. The highest BCUT2D eigenvalue weighted by atomic mass is 35.5. The monoisotopic (exact) mass is 331 g/mol. The third kappa shape index (κ3) is 3.21. The zero-order chi connectivity index (χ0) is 15.5. The van der Waals surface area contributed by atoms with Gasteiger partial charge >= 0.3 is 0 Å². The minimum absolute atomic E-state index is 0.638. The maximum absolute atomic E-state index is 6.06. The van der Waals surface area contributed by atoms with E-state index in [2.05, 4.69) is 22.4 Å². The van der Waals surface area contributed by atoms with Crippen LogP contribution in [0.4, 0.5) is 10.8 Å². The molecule has 0 aliphatic carbocycles. The van der Waals surface area contributed by atoms with E-state index in [1.54, 1.807) is 13.2 Å². The van der Waals surface area contributed by atoms with Crippen LogP contribution in [0.15, 0.2) is 42.5 Å². The lowest BCUT2D eigenvalue weighted by atomic mass is 10.2. The van der Waals surface area contributed by atoms with Gasteiger partial charge in [-0.15, -0.1) is 10.2 Å². The average Bonchev–Trinajstić information content (AvgIpc) is 2.98. The number of nitrogens with zero attached hydrogens (tertiary/aromatic N) is 2. The van der Waals surface area contributed by atoms with Gasteiger partial charge in [-0.05, 0) is 37.3 Å². The minimum Gasteiger partial charge on any atom is -0.496 e. The first-order valence-corrected chi connectivity index (χ1v) is 7.86. The van der Waals surface area contributed by atoms with Gasteiger partial charge in [-0.3, -0.25) is 0 Å². The number of methoxy groups -OCH3 is 1. The molecule has 0 aliphatic rings. The van der Waals surface area contributed by atoms with Crippen molar-refractivity contribution in [2.45, 2.75) is 6.92 Å². The number of halogens is 1. The molecule has 6 heteroatoms. The zero-order valence-corrected chi connectivity index (χ0v) is 13.7. The molecule has 0 bridgehead atoms. The maximum Gasteiger partial charge on any atom is 0.210 e. The molecule has 3 rings (SSSR count). The van der Waals surface area contributed by atoms with Crippen molar-refractivity contribution in [1.82, 2.24) is 10.2 Å². The van der Waals surface area contributed by atoms with Gasteiger partial charge in [0.1, 0.15) is 5.75 Å². The maximum atomic E-state index is 6.06. The summed E-state index contributed by atoms with van der Waals surface area (Å²) in [4.78, 5) is 0. The molecule has 4 nitrogen and oxygen atoms in total. The third-order valence-electron chi connectivity index (χ3n) is 3.12. The van der Waals surface area contributed by atoms with Crippen LogP contribution < -0.4 is 10.1 Å². The quantitative estimate of drug-likeness (QED) is 0.737. The first-order valence-electron chi connectivity index (χ1n) is 6.67. The lowest BCUT2D eigenvalue weighted by Crippen LogP contribution is -1.88. The fraction of sp³-hybridized carbons (Fsp3) is 0.125. The van der Waals surface area contributed by atoms with Crippen LogP contribution in [0.1, 0.15) is 5.56 Å². The number of anilines is 2. The Kier molecular flexibility index (Phi) is 4.27. The molecular weight excluding hydrogens is 318 g/mol. The SMILES string of the molecule is COc1ccc(Cl)cc1-c1nnc(Nc2ccc(C)cc2)s1. The molecule has 0 aliphatic heterocycles. The molecule has 0 saturated carbocycles. The summed E-state index contributed by atoms with van der Waals surface area (Å²) in [5.41, 5.74) is 3.03. The Hall–Kier alpha value is -2.11. The smallest absolute Gasteiger partial charge is 0.210 e. The second kappa shape index (κ2) is 6.34. The molecule has 22 heavy (non-hydrogen) atoms. The van der Waals surface area contributed by atoms with Gasteiger partial charge < -0.3 is 10.1 Å². The number of nitrogens with one attached hydrogen (secondary N) is 1. The Balaban J connectivity index is 1.87. The van der Waals surface area contributed by atoms with Crippen LogP contribution in [-0.2, 0) is 0 Å². The lowest BCUT2D eigenvalue weighted by Gasteiger charge is -2.05. The Morgan fingerprint density at radius 3 is 2.59 bits per heavy atom. The fourth-order valence-electron chi connectivity index (χ4n) is 1.99. The first-order chi connectivity index (χ1) is 10.7. The largest absolute Gasteiger partial charge is 0.496 e. The summed E-state index contributed by atoms with van der Waals surface area (Å²) in [7, 11) is 1.62. The van der Waals surface area contributed by atoms with E-state index in [-0.39, 0.29) is 0 Å². The van der Waals surface area contributed by atoms with Gasteiger partial charge in [0.05, 0.1) is 12.7 Å². The molecule has 0 atom stereocenters. The number of aryl methyl sites for hydroxylation is 1. The lowest BCUT2D eigenvalue weighted by molar-refractivity contribution is 0.416. The zero-order valence-electron chi connectivity index (χ0n) is 12.1. The molecule has 3 aromatic rings. The van der Waals surface area contributed by atoms with Gasteiger partial charge in [0.25, 0.3) is 0 Å². The van der Waals surface area contributed by atoms with Gasteiger partial charge in [-0.2, -0.15) is 0 Å². The summed E-state index contributed by atoms with van der Waals surface area (Å²) >= 11 is 7.51. The normalized spacial score (nSPS) is 10.5. The van der Waals surface area contributed by atoms with Crippen molar-refractivity contribution >= 4 is 33.8 Å². The summed E-state index contributed by atoms with van der Waals surface area (Å²) in [5, 5.41) is 13.8. The minimum atomic E-state index is 0.638. The summed E-state index contributed by atoms with van der Waals surface area (Å²) in [6.07, 6.45) is 0. The van der Waals surface area contributed by atoms with Gasteiger partial charge in [0, 0.05) is 10.7 Å². The van der Waals surface area contributed by atoms with Crippen molar-refractivity contribution in [3.63, 3.8) is 0 Å². The second-order valence-electron chi connectivity index (χ2n) is 4.75. The summed E-state index contributed by atoms with van der Waals surface area (Å²) in [6, 6.07) is 13.6. The van der Waals surface area contributed by atoms with Crippen LogP contribution >= 0.6 is 22.9 Å². The molecule has 0 fully saturated rings. The molecule has 0 spiro atoms. The van der Waals surface area contributed by atoms with Gasteiger partial charge in [0.15, 0.2) is 5.01 Å². The molecule has 0 amide bonds. The average molecular weight is 332 g/mol. The highest BCUT2D eigenvalue weighted by molar-refractivity contribution is 7.18. The van der Waals surface area contributed by atoms with Crippen molar-refractivity contribution in [1.29, 1.82) is 0 Å². The number of hydrogen-bond donors (Lipinski definition) is 1. The molecule has 0 saturated heterocycles. The van der Waals surface area contributed by atoms with Gasteiger partial charge in [-0.25, -0.2) is 0 Å². The van der Waals surface area contributed by atoms with Crippen molar-refractivity contribution in [3.05, 3.63) is 53.1 Å². The Morgan fingerprint density at radius 2 is 1.86 bits per heavy atom. The molecule has 1 aromatic heterocycles. The van der Waals surface area contributed by atoms with Crippen molar-refractivity contribution in [2.75, 3.05) is 12.4 Å². The summed E-state index contributed by atoms with van der Waals surface area (Å²) in [5.74, 6) is 0.724. The van der Waals surface area contributed by atoms with Crippen LogP contribution in [0.2, 0.25) is 5.02 Å². The van der Waals surface area contributed by atoms with E-state index in [0.29, 0.717) is 5.02 Å². The van der Waals surface area contributed by atoms with Crippen LogP contribution in [0.25, 0.3) is 10.6 Å². The summed E-state index contributed by atoms with van der Waals surface area (Å²) in [6.45, 7) is 2.05. The molecular formula is C16H14ClN3OS. The number of hydrogen-bond acceptors (Lipinski definition) is 5. The number of benzene rings is 2. The van der Waals surface area contributed by atoms with E-state index in [9.17, 15) is 0 Å². The van der Waals surface area contributed by atoms with Crippen LogP contribution in [0, 0.1) is 6.92 Å². The molecule has 1 heterocycles. The second-order valence-corrected chi connectivity index (χ2v) is 6.16. The van der Waals surface area contributed by atoms with Crippen molar-refractivity contribution in [2.24, 2.45) is 0 Å². The number of ether oxygens (including phenoxy) is 1. The molecule has 0 unspecified atom stereocenters. The predicted molar refractivity (Wildman–Crippen MR) is 91.4 cm³/mol. The highest BCUT2D eigenvalue weighted by Gasteiger charge is 2.12. The van der Waals surface area contributed by atoms with E-state index in [1.807, 2.05) is 36.4 Å². The molecule has 0 radical (unpaired) electrons. The van der Waals surface area contributed by atoms with Crippen molar-refractivity contribution < 1.29 is 4.74 Å². The number of aromatic nitrogens is 2. The van der Waals surface area contributed by atoms with E-state index < -0.39 is 0 Å². The van der Waals surface area contributed by atoms with E-state index in [4.69, 9.17) is 16.3 Å². The number of rotatable bonds is 4. The van der Waals surface area contributed by atoms with Gasteiger partial charge in [0.2, 0.25) is 5.13 Å². The Morgan fingerprint density at radius 1 is 1.09 bits per heavy atom. The standard InChI is InChI=1S/C16H14ClN3OS/c1-10-3-6-12(7-4-10)18-16-20-19-15(22-16)13-9-11(17)5-8-14(13)21-2/h3-9H,1-2H3,(H,18,20). The van der Waals surface area contributed by atoms with E-state index in [1.165, 1.54) is 16.9 Å². The molecule has 112 valence electrons. The Bertz CT molecular complexity index is 786. The third-order valence-corrected chi connectivity index (χ3v) is 4.23.